The van der Waals surface area contributed by atoms with Crippen molar-refractivity contribution in [3.8, 4) is 5.75 Å². The standard InChI is InChI=1S/C15H13ClN2O6S/c1-24-13-6-2-4-11(8-13)17(10-15(16)19)25(22,23)14-7-3-5-12(9-14)18(20)21/h2-9H,10H2,1H3. The molecule has 2 rings (SSSR count). The molecule has 25 heavy (non-hydrogen) atoms. The molecule has 0 amide bonds. The van der Waals surface area contributed by atoms with E-state index in [-0.39, 0.29) is 16.3 Å². The number of ether oxygens (including phenoxy) is 1. The van der Waals surface area contributed by atoms with Crippen LogP contribution in [-0.2, 0) is 14.8 Å². The van der Waals surface area contributed by atoms with Crippen LogP contribution in [0.2, 0.25) is 0 Å². The van der Waals surface area contributed by atoms with Gasteiger partial charge in [-0.25, -0.2) is 8.42 Å². The minimum Gasteiger partial charge on any atom is -0.497 e. The molecule has 0 fully saturated rings. The van der Waals surface area contributed by atoms with Gasteiger partial charge in [0.1, 0.15) is 12.3 Å². The topological polar surface area (TPSA) is 107 Å². The Hall–Kier alpha value is -2.65. The van der Waals surface area contributed by atoms with Gasteiger partial charge in [-0.2, -0.15) is 0 Å². The lowest BCUT2D eigenvalue weighted by atomic mass is 10.3. The molecule has 8 nitrogen and oxygen atoms in total. The van der Waals surface area contributed by atoms with Crippen molar-refractivity contribution < 1.29 is 22.9 Å². The number of nitrogens with zero attached hydrogens (tertiary/aromatic N) is 2. The first-order valence-electron chi connectivity index (χ1n) is 6.85. The van der Waals surface area contributed by atoms with Gasteiger partial charge in [-0.1, -0.05) is 12.1 Å². The van der Waals surface area contributed by atoms with Crippen molar-refractivity contribution in [2.24, 2.45) is 0 Å². The van der Waals surface area contributed by atoms with Crippen LogP contribution in [0.5, 0.6) is 5.75 Å². The van der Waals surface area contributed by atoms with Gasteiger partial charge in [0.05, 0.1) is 22.6 Å². The molecule has 0 bridgehead atoms. The first-order chi connectivity index (χ1) is 11.8. The maximum absolute atomic E-state index is 12.9. The predicted octanol–water partition coefficient (Wildman–Crippen LogP) is 2.56. The molecular weight excluding hydrogens is 372 g/mol. The van der Waals surface area contributed by atoms with Crippen molar-refractivity contribution in [2.45, 2.75) is 4.90 Å². The number of nitro groups is 1. The number of hydrogen-bond acceptors (Lipinski definition) is 6. The zero-order valence-corrected chi connectivity index (χ0v) is 14.5. The summed E-state index contributed by atoms with van der Waals surface area (Å²) in [7, 11) is -2.85. The first-order valence-corrected chi connectivity index (χ1v) is 8.67. The van der Waals surface area contributed by atoms with Crippen LogP contribution < -0.4 is 9.04 Å². The van der Waals surface area contributed by atoms with Crippen LogP contribution in [0.1, 0.15) is 0 Å². The van der Waals surface area contributed by atoms with Gasteiger partial charge < -0.3 is 4.74 Å². The van der Waals surface area contributed by atoms with Crippen LogP contribution in [0.3, 0.4) is 0 Å². The van der Waals surface area contributed by atoms with Gasteiger partial charge in [-0.15, -0.1) is 0 Å². The average molecular weight is 385 g/mol. The highest BCUT2D eigenvalue weighted by Gasteiger charge is 2.28. The van der Waals surface area contributed by atoms with Gasteiger partial charge in [0.15, 0.2) is 0 Å². The third kappa shape index (κ3) is 4.25. The largest absolute Gasteiger partial charge is 0.497 e. The van der Waals surface area contributed by atoms with E-state index < -0.39 is 26.7 Å². The van der Waals surface area contributed by atoms with Crippen molar-refractivity contribution in [2.75, 3.05) is 18.0 Å². The summed E-state index contributed by atoms with van der Waals surface area (Å²) in [6, 6.07) is 10.5. The van der Waals surface area contributed by atoms with Gasteiger partial charge in [-0.05, 0) is 29.8 Å². The lowest BCUT2D eigenvalue weighted by Crippen LogP contribution is -2.34. The van der Waals surface area contributed by atoms with E-state index in [1.54, 1.807) is 12.1 Å². The summed E-state index contributed by atoms with van der Waals surface area (Å²) in [5.41, 5.74) is -0.247. The number of anilines is 1. The number of nitro benzene ring substituents is 1. The van der Waals surface area contributed by atoms with E-state index in [1.165, 1.54) is 37.4 Å². The molecule has 0 radical (unpaired) electrons. The van der Waals surface area contributed by atoms with E-state index in [1.807, 2.05) is 0 Å². The molecule has 0 aromatic heterocycles. The van der Waals surface area contributed by atoms with Crippen molar-refractivity contribution in [1.29, 1.82) is 0 Å². The van der Waals surface area contributed by atoms with Gasteiger partial charge in [-0.3, -0.25) is 19.2 Å². The Morgan fingerprint density at radius 2 is 1.92 bits per heavy atom. The summed E-state index contributed by atoms with van der Waals surface area (Å²) in [6.07, 6.45) is 0. The second kappa shape index (κ2) is 7.49. The quantitative estimate of drug-likeness (QED) is 0.412. The number of halogens is 1. The molecule has 2 aromatic rings. The molecular formula is C15H13ClN2O6S. The van der Waals surface area contributed by atoms with Crippen LogP contribution in [0.15, 0.2) is 53.4 Å². The zero-order valence-electron chi connectivity index (χ0n) is 13.0. The summed E-state index contributed by atoms with van der Waals surface area (Å²) in [5, 5.41) is 9.98. The molecule has 10 heteroatoms. The highest BCUT2D eigenvalue weighted by atomic mass is 35.5. The highest BCUT2D eigenvalue weighted by Crippen LogP contribution is 2.28. The fraction of sp³-hybridized carbons (Fsp3) is 0.133. The van der Waals surface area contributed by atoms with Gasteiger partial charge in [0.25, 0.3) is 15.7 Å². The Morgan fingerprint density at radius 1 is 1.24 bits per heavy atom. The van der Waals surface area contributed by atoms with Crippen molar-refractivity contribution in [3.63, 3.8) is 0 Å². The number of benzene rings is 2. The third-order valence-corrected chi connectivity index (χ3v) is 5.12. The van der Waals surface area contributed by atoms with Crippen LogP contribution in [0, 0.1) is 10.1 Å². The highest BCUT2D eigenvalue weighted by molar-refractivity contribution is 7.92. The molecule has 0 saturated heterocycles. The fourth-order valence-corrected chi connectivity index (χ4v) is 3.72. The number of methoxy groups -OCH3 is 1. The first kappa shape index (κ1) is 18.7. The second-order valence-electron chi connectivity index (χ2n) is 4.82. The Morgan fingerprint density at radius 3 is 2.52 bits per heavy atom. The second-order valence-corrected chi connectivity index (χ2v) is 7.11. The minimum absolute atomic E-state index is 0.139. The number of hydrogen-bond donors (Lipinski definition) is 0. The number of non-ortho nitro benzene ring substituents is 1. The summed E-state index contributed by atoms with van der Waals surface area (Å²) in [6.45, 7) is -0.639. The van der Waals surface area contributed by atoms with Crippen molar-refractivity contribution in [3.05, 3.63) is 58.6 Å². The van der Waals surface area contributed by atoms with E-state index in [9.17, 15) is 23.3 Å². The maximum Gasteiger partial charge on any atom is 0.270 e. The minimum atomic E-state index is -4.26. The number of carbonyl (C=O) groups is 1. The van der Waals surface area contributed by atoms with Crippen LogP contribution >= 0.6 is 11.6 Å². The smallest absolute Gasteiger partial charge is 0.270 e. The molecule has 0 saturated carbocycles. The predicted molar refractivity (Wildman–Crippen MR) is 91.5 cm³/mol. The van der Waals surface area contributed by atoms with Crippen LogP contribution in [-0.4, -0.2) is 32.2 Å². The third-order valence-electron chi connectivity index (χ3n) is 3.23. The zero-order chi connectivity index (χ0) is 18.6. The monoisotopic (exact) mass is 384 g/mol. The molecule has 0 aliphatic carbocycles. The number of rotatable bonds is 7. The summed E-state index contributed by atoms with van der Waals surface area (Å²) >= 11 is 5.39. The van der Waals surface area contributed by atoms with Crippen molar-refractivity contribution >= 4 is 38.2 Å². The van der Waals surface area contributed by atoms with E-state index >= 15 is 0 Å². The van der Waals surface area contributed by atoms with Gasteiger partial charge in [0.2, 0.25) is 5.24 Å². The van der Waals surface area contributed by atoms with Crippen molar-refractivity contribution in [1.82, 2.24) is 0 Å². The molecule has 0 atom stereocenters. The molecule has 0 aliphatic rings. The molecule has 0 heterocycles. The SMILES string of the molecule is COc1cccc(N(CC(=O)Cl)S(=O)(=O)c2cccc([N+](=O)[O-])c2)c1. The van der Waals surface area contributed by atoms with E-state index in [0.29, 0.717) is 5.75 Å². The average Bonchev–Trinajstić information content (AvgIpc) is 2.59. The summed E-state index contributed by atoms with van der Waals surface area (Å²) in [5.74, 6) is 0.374. The lowest BCUT2D eigenvalue weighted by Gasteiger charge is -2.23. The molecule has 0 spiro atoms. The normalized spacial score (nSPS) is 11.0. The van der Waals surface area contributed by atoms with Crippen LogP contribution in [0.25, 0.3) is 0 Å². The number of carbonyl (C=O) groups excluding carboxylic acids is 1. The van der Waals surface area contributed by atoms with Gasteiger partial charge >= 0.3 is 0 Å². The lowest BCUT2D eigenvalue weighted by molar-refractivity contribution is -0.385. The molecule has 132 valence electrons. The van der Waals surface area contributed by atoms with E-state index in [4.69, 9.17) is 16.3 Å². The molecule has 0 unspecified atom stereocenters. The summed E-state index contributed by atoms with van der Waals surface area (Å²) in [4.78, 5) is 21.2. The van der Waals surface area contributed by atoms with Gasteiger partial charge in [0, 0.05) is 18.2 Å². The number of sulfonamides is 1. The molecule has 0 N–H and O–H groups in total. The Bertz CT molecular complexity index is 916. The van der Waals surface area contributed by atoms with E-state index in [2.05, 4.69) is 0 Å². The van der Waals surface area contributed by atoms with E-state index in [0.717, 1.165) is 10.4 Å². The maximum atomic E-state index is 12.9. The summed E-state index contributed by atoms with van der Waals surface area (Å²) < 4.78 is 31.6. The Labute approximate surface area is 148 Å². The van der Waals surface area contributed by atoms with Crippen LogP contribution in [0.4, 0.5) is 11.4 Å². The fourth-order valence-electron chi connectivity index (χ4n) is 2.08. The Kier molecular flexibility index (Phi) is 5.60. The molecule has 2 aromatic carbocycles. The Balaban J connectivity index is 2.57. The molecule has 0 aliphatic heterocycles.